The van der Waals surface area contributed by atoms with Gasteiger partial charge < -0.3 is 19.0 Å². The van der Waals surface area contributed by atoms with Gasteiger partial charge in [-0.05, 0) is 49.2 Å². The minimum absolute atomic E-state index is 0.220. The number of aromatic amines is 1. The van der Waals surface area contributed by atoms with Gasteiger partial charge in [-0.25, -0.2) is 4.98 Å². The molecule has 160 valence electrons. The Morgan fingerprint density at radius 1 is 1.12 bits per heavy atom. The highest BCUT2D eigenvalue weighted by atomic mass is 16.5. The third-order valence-corrected chi connectivity index (χ3v) is 6.16. The third-order valence-electron chi connectivity index (χ3n) is 6.16. The van der Waals surface area contributed by atoms with Crippen molar-refractivity contribution in [1.82, 2.24) is 29.6 Å². The number of hydrogen-bond acceptors (Lipinski definition) is 5. The second-order valence-electron chi connectivity index (χ2n) is 8.15. The fraction of sp³-hybridized carbons (Fsp3) is 0.250. The van der Waals surface area contributed by atoms with Crippen molar-refractivity contribution in [2.24, 2.45) is 0 Å². The molecule has 5 aromatic rings. The zero-order chi connectivity index (χ0) is 21.5. The summed E-state index contributed by atoms with van der Waals surface area (Å²) in [5.74, 6) is 1.22. The Balaban J connectivity index is 1.24. The number of aryl methyl sites for hydroxylation is 1. The van der Waals surface area contributed by atoms with E-state index < -0.39 is 0 Å². The summed E-state index contributed by atoms with van der Waals surface area (Å²) in [4.78, 5) is 26.7. The molecule has 8 nitrogen and oxygen atoms in total. The number of nitrogens with one attached hydrogen (secondary N) is 1. The van der Waals surface area contributed by atoms with Gasteiger partial charge in [0.05, 0.1) is 17.4 Å². The Morgan fingerprint density at radius 3 is 2.94 bits per heavy atom. The molecule has 32 heavy (non-hydrogen) atoms. The van der Waals surface area contributed by atoms with Crippen molar-refractivity contribution in [2.75, 3.05) is 13.1 Å². The normalized spacial score (nSPS) is 14.1. The van der Waals surface area contributed by atoms with Crippen LogP contribution in [0.3, 0.4) is 0 Å². The molecule has 0 spiro atoms. The number of benzene rings is 2. The van der Waals surface area contributed by atoms with Gasteiger partial charge in [0.1, 0.15) is 0 Å². The number of likely N-dealkylation sites (tertiary alicyclic amines) is 1. The van der Waals surface area contributed by atoms with Gasteiger partial charge in [-0.1, -0.05) is 11.2 Å². The second-order valence-corrected chi connectivity index (χ2v) is 8.15. The number of carbonyl (C=O) groups is 1. The van der Waals surface area contributed by atoms with Crippen LogP contribution in [0, 0.1) is 0 Å². The average molecular weight is 426 g/mol. The summed E-state index contributed by atoms with van der Waals surface area (Å²) in [6.45, 7) is 2.40. The first-order chi connectivity index (χ1) is 15.8. The Hall–Kier alpha value is -3.94. The predicted molar refractivity (Wildman–Crippen MR) is 121 cm³/mol. The van der Waals surface area contributed by atoms with Gasteiger partial charge in [0.2, 0.25) is 11.7 Å². The maximum atomic E-state index is 12.4. The van der Waals surface area contributed by atoms with Gasteiger partial charge in [0, 0.05) is 54.3 Å². The molecule has 0 atom stereocenters. The number of hydrogen-bond donors (Lipinski definition) is 1. The number of carbonyl (C=O) groups excluding carboxylic acids is 1. The zero-order valence-electron chi connectivity index (χ0n) is 17.5. The molecule has 2 aromatic carbocycles. The molecule has 0 saturated carbocycles. The lowest BCUT2D eigenvalue weighted by Gasteiger charge is -2.15. The van der Waals surface area contributed by atoms with Crippen molar-refractivity contribution >= 4 is 27.8 Å². The Morgan fingerprint density at radius 2 is 2.03 bits per heavy atom. The first-order valence-corrected chi connectivity index (χ1v) is 10.9. The minimum Gasteiger partial charge on any atom is -0.361 e. The van der Waals surface area contributed by atoms with Gasteiger partial charge in [0.15, 0.2) is 0 Å². The van der Waals surface area contributed by atoms with E-state index in [1.165, 1.54) is 0 Å². The van der Waals surface area contributed by atoms with Crippen molar-refractivity contribution in [3.05, 3.63) is 55.0 Å². The molecule has 0 radical (unpaired) electrons. The summed E-state index contributed by atoms with van der Waals surface area (Å²) in [6.07, 6.45) is 6.40. The summed E-state index contributed by atoms with van der Waals surface area (Å²) < 4.78 is 7.60. The van der Waals surface area contributed by atoms with Crippen molar-refractivity contribution in [2.45, 2.75) is 25.8 Å². The number of fused-ring (bicyclic) bond motifs is 2. The molecular weight excluding hydrogens is 404 g/mol. The molecule has 8 heteroatoms. The van der Waals surface area contributed by atoms with E-state index in [1.807, 2.05) is 58.1 Å². The lowest BCUT2D eigenvalue weighted by molar-refractivity contribution is -0.130. The highest BCUT2D eigenvalue weighted by Crippen LogP contribution is 2.29. The van der Waals surface area contributed by atoms with Crippen molar-refractivity contribution in [3.8, 4) is 22.8 Å². The average Bonchev–Trinajstić information content (AvgIpc) is 3.62. The van der Waals surface area contributed by atoms with E-state index in [0.29, 0.717) is 24.7 Å². The molecule has 0 unspecified atom stereocenters. The molecule has 1 amide bonds. The fourth-order valence-electron chi connectivity index (χ4n) is 4.44. The van der Waals surface area contributed by atoms with E-state index in [4.69, 9.17) is 4.52 Å². The fourth-order valence-corrected chi connectivity index (χ4v) is 4.44. The standard InChI is InChI=1S/C24H22N6O2/c31-22(29-11-1-2-12-29)9-13-30-15-26-20-14-16(6-7-21(20)30)23-27-24(32-28-23)18-4-3-5-19-17(18)8-10-25-19/h3-8,10,14-15,25H,1-2,9,11-13H2. The molecular formula is C24H22N6O2. The van der Waals surface area contributed by atoms with Gasteiger partial charge in [-0.3, -0.25) is 4.79 Å². The number of H-pyrrole nitrogens is 1. The number of rotatable bonds is 5. The lowest BCUT2D eigenvalue weighted by Crippen LogP contribution is -2.28. The first-order valence-electron chi connectivity index (χ1n) is 10.9. The van der Waals surface area contributed by atoms with Gasteiger partial charge in [-0.2, -0.15) is 4.98 Å². The molecule has 0 aliphatic carbocycles. The number of nitrogens with zero attached hydrogens (tertiary/aromatic N) is 5. The third kappa shape index (κ3) is 3.24. The van der Waals surface area contributed by atoms with Gasteiger partial charge in [-0.15, -0.1) is 0 Å². The molecule has 1 N–H and O–H groups in total. The highest BCUT2D eigenvalue weighted by Gasteiger charge is 2.18. The largest absolute Gasteiger partial charge is 0.361 e. The second kappa shape index (κ2) is 7.64. The molecule has 1 aliphatic rings. The van der Waals surface area contributed by atoms with Crippen LogP contribution in [0.25, 0.3) is 44.8 Å². The monoisotopic (exact) mass is 426 g/mol. The molecule has 4 heterocycles. The van der Waals surface area contributed by atoms with Crippen molar-refractivity contribution in [3.63, 3.8) is 0 Å². The number of amides is 1. The summed E-state index contributed by atoms with van der Waals surface area (Å²) in [5, 5.41) is 5.23. The van der Waals surface area contributed by atoms with Crippen LogP contribution in [0.1, 0.15) is 19.3 Å². The van der Waals surface area contributed by atoms with E-state index in [0.717, 1.165) is 59.0 Å². The molecule has 0 bridgehead atoms. The van der Waals surface area contributed by atoms with Crippen LogP contribution >= 0.6 is 0 Å². The van der Waals surface area contributed by atoms with E-state index in [9.17, 15) is 4.79 Å². The van der Waals surface area contributed by atoms with E-state index >= 15 is 0 Å². The summed E-state index contributed by atoms with van der Waals surface area (Å²) in [5.41, 5.74) is 4.60. The molecule has 6 rings (SSSR count). The van der Waals surface area contributed by atoms with Gasteiger partial charge in [0.25, 0.3) is 5.89 Å². The topological polar surface area (TPSA) is 92.8 Å². The van der Waals surface area contributed by atoms with E-state index in [1.54, 1.807) is 6.33 Å². The van der Waals surface area contributed by atoms with E-state index in [-0.39, 0.29) is 5.91 Å². The van der Waals surface area contributed by atoms with Crippen LogP contribution in [-0.4, -0.2) is 48.6 Å². The minimum atomic E-state index is 0.220. The highest BCUT2D eigenvalue weighted by molar-refractivity contribution is 5.93. The number of imidazole rings is 1. The molecule has 1 fully saturated rings. The summed E-state index contributed by atoms with van der Waals surface area (Å²) in [6, 6.07) is 13.9. The van der Waals surface area contributed by atoms with Crippen molar-refractivity contribution in [1.29, 1.82) is 0 Å². The Labute approximate surface area is 183 Å². The number of aromatic nitrogens is 5. The zero-order valence-corrected chi connectivity index (χ0v) is 17.5. The Kier molecular flexibility index (Phi) is 4.49. The molecule has 1 saturated heterocycles. The lowest BCUT2D eigenvalue weighted by atomic mass is 10.1. The molecule has 1 aliphatic heterocycles. The van der Waals surface area contributed by atoms with Crippen molar-refractivity contribution < 1.29 is 9.32 Å². The van der Waals surface area contributed by atoms with Crippen LogP contribution < -0.4 is 0 Å². The maximum Gasteiger partial charge on any atom is 0.258 e. The molecule has 3 aromatic heterocycles. The van der Waals surface area contributed by atoms with Gasteiger partial charge >= 0.3 is 0 Å². The van der Waals surface area contributed by atoms with Crippen LogP contribution in [0.2, 0.25) is 0 Å². The van der Waals surface area contributed by atoms with E-state index in [2.05, 4.69) is 20.1 Å². The maximum absolute atomic E-state index is 12.4. The van der Waals surface area contributed by atoms with Crippen LogP contribution in [0.15, 0.2) is 59.5 Å². The summed E-state index contributed by atoms with van der Waals surface area (Å²) in [7, 11) is 0. The SMILES string of the molecule is O=C(CCn1cnc2cc(-c3noc(-c4cccc5[nH]ccc45)n3)ccc21)N1CCCC1. The Bertz CT molecular complexity index is 1420. The first kappa shape index (κ1) is 18.8. The predicted octanol–water partition coefficient (Wildman–Crippen LogP) is 4.25. The van der Waals surface area contributed by atoms with Crippen LogP contribution in [-0.2, 0) is 11.3 Å². The summed E-state index contributed by atoms with van der Waals surface area (Å²) >= 11 is 0. The quantitative estimate of drug-likeness (QED) is 0.454. The van der Waals surface area contributed by atoms with Crippen LogP contribution in [0.4, 0.5) is 0 Å². The van der Waals surface area contributed by atoms with Crippen LogP contribution in [0.5, 0.6) is 0 Å². The smallest absolute Gasteiger partial charge is 0.258 e.